The number of para-hydroxylation sites is 1. The summed E-state index contributed by atoms with van der Waals surface area (Å²) in [6.45, 7) is 7.24. The summed E-state index contributed by atoms with van der Waals surface area (Å²) >= 11 is 3.39. The monoisotopic (exact) mass is 223 g/mol. The number of hydrogen-bond acceptors (Lipinski definition) is 1. The Bertz CT molecular complexity index is 305. The first-order valence-electron chi connectivity index (χ1n) is 3.60. The molecule has 0 N–H and O–H groups in total. The normalized spacial score (nSPS) is 9.42. The van der Waals surface area contributed by atoms with E-state index in [1.807, 2.05) is 18.2 Å². The van der Waals surface area contributed by atoms with Crippen LogP contribution < -0.4 is 0 Å². The molecule has 0 radical (unpaired) electrons. The summed E-state index contributed by atoms with van der Waals surface area (Å²) in [6.07, 6.45) is 1.79. The van der Waals surface area contributed by atoms with Gasteiger partial charge in [0.2, 0.25) is 0 Å². The van der Waals surface area contributed by atoms with Crippen LogP contribution in [0.2, 0.25) is 0 Å². The van der Waals surface area contributed by atoms with Gasteiger partial charge in [-0.15, -0.1) is 0 Å². The van der Waals surface area contributed by atoms with Gasteiger partial charge >= 0.3 is 0 Å². The highest BCUT2D eigenvalue weighted by Gasteiger charge is 2.01. The summed E-state index contributed by atoms with van der Waals surface area (Å²) in [4.78, 5) is 3.96. The van der Waals surface area contributed by atoms with E-state index in [0.717, 1.165) is 22.1 Å². The quantitative estimate of drug-likeness (QED) is 0.549. The van der Waals surface area contributed by atoms with Crippen LogP contribution in [0.5, 0.6) is 0 Å². The van der Waals surface area contributed by atoms with Crippen LogP contribution in [0.15, 0.2) is 29.8 Å². The summed E-state index contributed by atoms with van der Waals surface area (Å²) in [7, 11) is 0. The van der Waals surface area contributed by atoms with E-state index in [-0.39, 0.29) is 0 Å². The molecule has 0 heterocycles. The molecule has 0 aromatic heterocycles. The fourth-order valence-corrected chi connectivity index (χ4v) is 1.53. The second kappa shape index (κ2) is 4.21. The molecule has 1 rings (SSSR count). The van der Waals surface area contributed by atoms with Crippen LogP contribution >= 0.6 is 15.9 Å². The average Bonchev–Trinajstić information content (AvgIpc) is 2.16. The van der Waals surface area contributed by atoms with Gasteiger partial charge in [-0.1, -0.05) is 46.8 Å². The van der Waals surface area contributed by atoms with E-state index < -0.39 is 0 Å². The minimum Gasteiger partial charge on any atom is -0.264 e. The lowest BCUT2D eigenvalue weighted by Gasteiger charge is -2.04. The van der Waals surface area contributed by atoms with Gasteiger partial charge in [0, 0.05) is 5.33 Å². The lowest BCUT2D eigenvalue weighted by atomic mass is 10.1. The first-order valence-corrected chi connectivity index (χ1v) is 4.72. The Hall–Kier alpha value is -0.890. The van der Waals surface area contributed by atoms with Gasteiger partial charge in [0.25, 0.3) is 0 Å². The predicted molar refractivity (Wildman–Crippen MR) is 58.4 cm³/mol. The number of benzene rings is 1. The summed E-state index contributed by atoms with van der Waals surface area (Å²) in [5.41, 5.74) is 3.09. The Kier molecular flexibility index (Phi) is 3.23. The van der Waals surface area contributed by atoms with Crippen molar-refractivity contribution in [2.24, 2.45) is 4.99 Å². The van der Waals surface area contributed by atoms with Crippen molar-refractivity contribution in [3.05, 3.63) is 35.9 Å². The lowest BCUT2D eigenvalue weighted by molar-refractivity contribution is 1.38. The molecule has 0 saturated carbocycles. The second-order valence-electron chi connectivity index (χ2n) is 2.35. The first kappa shape index (κ1) is 9.20. The third-order valence-electron chi connectivity index (χ3n) is 1.67. The molecule has 62 valence electrons. The highest BCUT2D eigenvalue weighted by atomic mass is 79.9. The molecule has 1 aromatic carbocycles. The van der Waals surface area contributed by atoms with E-state index in [0.29, 0.717) is 0 Å². The van der Waals surface area contributed by atoms with Crippen LogP contribution in [0.25, 0.3) is 6.08 Å². The molecule has 0 aliphatic carbocycles. The minimum atomic E-state index is 0.795. The van der Waals surface area contributed by atoms with Gasteiger partial charge in [-0.3, -0.25) is 4.99 Å². The van der Waals surface area contributed by atoms with E-state index >= 15 is 0 Å². The molecule has 0 fully saturated rings. The first-order chi connectivity index (χ1) is 5.83. The summed E-state index contributed by atoms with van der Waals surface area (Å²) in [6, 6.07) is 5.98. The van der Waals surface area contributed by atoms with Crippen LogP contribution in [0.3, 0.4) is 0 Å². The standard InChI is InChI=1S/C10H10BrN/c1-3-8-5-4-6-9(7-11)10(8)12-2/h3-6H,1-2,7H2. The Morgan fingerprint density at radius 1 is 1.50 bits per heavy atom. The third kappa shape index (κ3) is 1.64. The molecular formula is C10H10BrN. The highest BCUT2D eigenvalue weighted by molar-refractivity contribution is 9.08. The van der Waals surface area contributed by atoms with Crippen molar-refractivity contribution in [2.45, 2.75) is 5.33 Å². The molecule has 12 heavy (non-hydrogen) atoms. The number of rotatable bonds is 3. The van der Waals surface area contributed by atoms with Crippen LogP contribution in [0.4, 0.5) is 5.69 Å². The Morgan fingerprint density at radius 3 is 2.75 bits per heavy atom. The molecule has 0 aliphatic rings. The Balaban J connectivity index is 3.31. The smallest absolute Gasteiger partial charge is 0.0734 e. The molecular weight excluding hydrogens is 214 g/mol. The van der Waals surface area contributed by atoms with Crippen molar-refractivity contribution < 1.29 is 0 Å². The zero-order chi connectivity index (χ0) is 8.97. The van der Waals surface area contributed by atoms with Crippen molar-refractivity contribution >= 4 is 34.4 Å². The van der Waals surface area contributed by atoms with Crippen LogP contribution in [-0.2, 0) is 5.33 Å². The molecule has 0 aliphatic heterocycles. The van der Waals surface area contributed by atoms with E-state index in [2.05, 4.69) is 34.2 Å². The van der Waals surface area contributed by atoms with Gasteiger partial charge in [0.1, 0.15) is 0 Å². The van der Waals surface area contributed by atoms with Gasteiger partial charge in [-0.2, -0.15) is 0 Å². The molecule has 0 unspecified atom stereocenters. The summed E-state index contributed by atoms with van der Waals surface area (Å²) in [5.74, 6) is 0. The van der Waals surface area contributed by atoms with Crippen LogP contribution in [0.1, 0.15) is 11.1 Å². The molecule has 2 heteroatoms. The van der Waals surface area contributed by atoms with Crippen LogP contribution in [-0.4, -0.2) is 6.72 Å². The van der Waals surface area contributed by atoms with Crippen molar-refractivity contribution in [2.75, 3.05) is 0 Å². The number of alkyl halides is 1. The summed E-state index contributed by atoms with van der Waals surface area (Å²) < 4.78 is 0. The largest absolute Gasteiger partial charge is 0.264 e. The number of halogens is 1. The van der Waals surface area contributed by atoms with Crippen molar-refractivity contribution in [1.29, 1.82) is 0 Å². The van der Waals surface area contributed by atoms with Gasteiger partial charge in [-0.25, -0.2) is 0 Å². The zero-order valence-electron chi connectivity index (χ0n) is 6.76. The summed E-state index contributed by atoms with van der Waals surface area (Å²) in [5, 5.41) is 0.795. The molecule has 0 atom stereocenters. The maximum Gasteiger partial charge on any atom is 0.0734 e. The van der Waals surface area contributed by atoms with E-state index in [1.165, 1.54) is 0 Å². The SMILES string of the molecule is C=Cc1cccc(CBr)c1N=C. The molecule has 0 amide bonds. The van der Waals surface area contributed by atoms with Crippen molar-refractivity contribution in [3.63, 3.8) is 0 Å². The maximum atomic E-state index is 3.96. The van der Waals surface area contributed by atoms with E-state index in [1.54, 1.807) is 6.08 Å². The number of aliphatic imine (C=N–C) groups is 1. The molecule has 0 spiro atoms. The van der Waals surface area contributed by atoms with Gasteiger partial charge < -0.3 is 0 Å². The second-order valence-corrected chi connectivity index (χ2v) is 2.91. The topological polar surface area (TPSA) is 12.4 Å². The zero-order valence-corrected chi connectivity index (χ0v) is 8.34. The van der Waals surface area contributed by atoms with Crippen LogP contribution in [0, 0.1) is 0 Å². The predicted octanol–water partition coefficient (Wildman–Crippen LogP) is 3.56. The fourth-order valence-electron chi connectivity index (χ4n) is 1.08. The van der Waals surface area contributed by atoms with Gasteiger partial charge in [0.05, 0.1) is 5.69 Å². The Labute approximate surface area is 81.0 Å². The number of hydrogen-bond donors (Lipinski definition) is 0. The molecule has 1 nitrogen and oxygen atoms in total. The number of nitrogens with zero attached hydrogens (tertiary/aromatic N) is 1. The van der Waals surface area contributed by atoms with Gasteiger partial charge in [-0.05, 0) is 17.8 Å². The third-order valence-corrected chi connectivity index (χ3v) is 2.28. The van der Waals surface area contributed by atoms with Crippen molar-refractivity contribution in [1.82, 2.24) is 0 Å². The Morgan fingerprint density at radius 2 is 2.25 bits per heavy atom. The maximum absolute atomic E-state index is 3.96. The fraction of sp³-hybridized carbons (Fsp3) is 0.100. The van der Waals surface area contributed by atoms with Crippen molar-refractivity contribution in [3.8, 4) is 0 Å². The van der Waals surface area contributed by atoms with E-state index in [9.17, 15) is 0 Å². The molecule has 0 saturated heterocycles. The molecule has 1 aromatic rings. The molecule has 0 bridgehead atoms. The highest BCUT2D eigenvalue weighted by Crippen LogP contribution is 2.26. The average molecular weight is 224 g/mol. The van der Waals surface area contributed by atoms with E-state index in [4.69, 9.17) is 0 Å². The minimum absolute atomic E-state index is 0.795. The lowest BCUT2D eigenvalue weighted by Crippen LogP contribution is -1.81. The van der Waals surface area contributed by atoms with Gasteiger partial charge in [0.15, 0.2) is 0 Å².